The van der Waals surface area contributed by atoms with Gasteiger partial charge in [0.25, 0.3) is 0 Å². The van der Waals surface area contributed by atoms with Crippen LogP contribution in [0, 0.1) is 0 Å². The maximum atomic E-state index is 12.8. The van der Waals surface area contributed by atoms with Crippen LogP contribution in [0.4, 0.5) is 0 Å². The molecule has 0 bridgehead atoms. The molecule has 6 nitrogen and oxygen atoms in total. The molecule has 0 aromatic carbocycles. The maximum Gasteiger partial charge on any atom is 0.306 e. The summed E-state index contributed by atoms with van der Waals surface area (Å²) in [5.41, 5.74) is 0. The first-order valence-electron chi connectivity index (χ1n) is 25.3. The fourth-order valence-electron chi connectivity index (χ4n) is 6.26. The van der Waals surface area contributed by atoms with E-state index in [0.29, 0.717) is 19.3 Å². The van der Waals surface area contributed by atoms with Crippen molar-refractivity contribution in [1.29, 1.82) is 0 Å². The summed E-state index contributed by atoms with van der Waals surface area (Å²) in [6.07, 6.45) is 71.5. The van der Waals surface area contributed by atoms with Gasteiger partial charge in [-0.2, -0.15) is 0 Å². The lowest BCUT2D eigenvalue weighted by Crippen LogP contribution is -2.30. The minimum Gasteiger partial charge on any atom is -0.462 e. The van der Waals surface area contributed by atoms with Crippen LogP contribution in [0.25, 0.3) is 0 Å². The van der Waals surface area contributed by atoms with Gasteiger partial charge in [-0.3, -0.25) is 14.4 Å². The fraction of sp³-hybridized carbons (Fsp3) is 0.569. The molecule has 6 heteroatoms. The van der Waals surface area contributed by atoms with Gasteiger partial charge in [-0.15, -0.1) is 0 Å². The van der Waals surface area contributed by atoms with E-state index < -0.39 is 6.10 Å². The number of esters is 3. The largest absolute Gasteiger partial charge is 0.462 e. The first-order valence-corrected chi connectivity index (χ1v) is 25.3. The number of hydrogen-bond acceptors (Lipinski definition) is 6. The van der Waals surface area contributed by atoms with Crippen LogP contribution in [0.5, 0.6) is 0 Å². The molecule has 0 aliphatic rings. The van der Waals surface area contributed by atoms with E-state index >= 15 is 0 Å². The lowest BCUT2D eigenvalue weighted by atomic mass is 10.1. The highest BCUT2D eigenvalue weighted by Crippen LogP contribution is 2.11. The number of allylic oxidation sites excluding steroid dienone is 22. The predicted octanol–water partition coefficient (Wildman–Crippen LogP) is 16.7. The molecule has 0 rings (SSSR count). The van der Waals surface area contributed by atoms with Crippen molar-refractivity contribution in [3.05, 3.63) is 134 Å². The first-order chi connectivity index (χ1) is 31.5. The fourth-order valence-corrected chi connectivity index (χ4v) is 6.26. The number of unbranched alkanes of at least 4 members (excludes halogenated alkanes) is 14. The highest BCUT2D eigenvalue weighted by Gasteiger charge is 2.19. The van der Waals surface area contributed by atoms with Crippen LogP contribution < -0.4 is 0 Å². The summed E-state index contributed by atoms with van der Waals surface area (Å²) >= 11 is 0. The summed E-state index contributed by atoms with van der Waals surface area (Å²) in [4.78, 5) is 37.9. The van der Waals surface area contributed by atoms with Gasteiger partial charge in [-0.05, 0) is 103 Å². The third-order valence-electron chi connectivity index (χ3n) is 10.00. The second-order valence-corrected chi connectivity index (χ2v) is 16.1. The Morgan fingerprint density at radius 3 is 1.22 bits per heavy atom. The standard InChI is InChI=1S/C58H90O6/c1-4-7-10-13-16-19-22-25-28-29-31-33-36-39-42-45-48-51-57(60)63-54-55(53-62-56(59)50-47-44-41-38-35-32-27-24-21-18-15-12-9-6-3)64-58(61)52-49-46-43-40-37-34-30-26-23-20-17-14-11-8-5-2/h8-9,11-12,14,17-18,20-21,23,25-28,30-34,37,39,42,55H,4-7,10,13,15-16,19,22,24,29,35-36,38,40-41,43-54H2,1-3H3/b11-8-,12-9-,17-14-,21-18-,23-20-,28-25-,30-26-,32-27-,33-31-,37-34-,42-39-. The second kappa shape index (κ2) is 51.2. The molecule has 358 valence electrons. The van der Waals surface area contributed by atoms with E-state index in [1.807, 2.05) is 48.6 Å². The van der Waals surface area contributed by atoms with E-state index in [-0.39, 0.29) is 44.0 Å². The van der Waals surface area contributed by atoms with E-state index in [1.165, 1.54) is 44.9 Å². The van der Waals surface area contributed by atoms with Crippen molar-refractivity contribution in [3.8, 4) is 0 Å². The van der Waals surface area contributed by atoms with Gasteiger partial charge in [0.2, 0.25) is 0 Å². The number of hydrogen-bond donors (Lipinski definition) is 0. The minimum atomic E-state index is -0.834. The number of ether oxygens (including phenoxy) is 3. The topological polar surface area (TPSA) is 78.9 Å². The Balaban J connectivity index is 4.61. The van der Waals surface area contributed by atoms with Crippen molar-refractivity contribution in [2.75, 3.05) is 13.2 Å². The Morgan fingerprint density at radius 2 is 0.703 bits per heavy atom. The van der Waals surface area contributed by atoms with Crippen molar-refractivity contribution < 1.29 is 28.6 Å². The van der Waals surface area contributed by atoms with Gasteiger partial charge in [0.1, 0.15) is 13.2 Å². The average molecular weight is 883 g/mol. The highest BCUT2D eigenvalue weighted by molar-refractivity contribution is 5.71. The zero-order valence-corrected chi connectivity index (χ0v) is 40.7. The molecular weight excluding hydrogens is 793 g/mol. The second-order valence-electron chi connectivity index (χ2n) is 16.1. The van der Waals surface area contributed by atoms with Crippen molar-refractivity contribution in [2.24, 2.45) is 0 Å². The minimum absolute atomic E-state index is 0.128. The summed E-state index contributed by atoms with van der Waals surface area (Å²) in [5, 5.41) is 0. The SMILES string of the molecule is CC\C=C/C=C\C=C/C=C\C=C/CCCCCC(=O)OC(COC(=O)CCC/C=C\C/C=C\C/C=C\CCCCCCCC)COC(=O)CCCCCC/C=C\C/C=C\C/C=C\CC. The predicted molar refractivity (Wildman–Crippen MR) is 274 cm³/mol. The van der Waals surface area contributed by atoms with Crippen molar-refractivity contribution >= 4 is 17.9 Å². The normalized spacial score (nSPS) is 13.2. The molecule has 0 radical (unpaired) electrons. The molecule has 0 aliphatic heterocycles. The van der Waals surface area contributed by atoms with Crippen LogP contribution in [0.1, 0.15) is 194 Å². The van der Waals surface area contributed by atoms with E-state index in [0.717, 1.165) is 96.3 Å². The molecule has 0 heterocycles. The Kier molecular flexibility index (Phi) is 47.6. The highest BCUT2D eigenvalue weighted by atomic mass is 16.6. The molecule has 0 aliphatic carbocycles. The molecule has 0 amide bonds. The molecule has 0 saturated heterocycles. The van der Waals surface area contributed by atoms with Crippen LogP contribution in [-0.2, 0) is 28.6 Å². The van der Waals surface area contributed by atoms with Gasteiger partial charge in [0, 0.05) is 19.3 Å². The quantitative estimate of drug-likeness (QED) is 0.0200. The number of carbonyl (C=O) groups is 3. The van der Waals surface area contributed by atoms with Crippen molar-refractivity contribution in [1.82, 2.24) is 0 Å². The van der Waals surface area contributed by atoms with Gasteiger partial charge in [0.05, 0.1) is 0 Å². The van der Waals surface area contributed by atoms with Gasteiger partial charge in [-0.25, -0.2) is 0 Å². The van der Waals surface area contributed by atoms with E-state index in [4.69, 9.17) is 14.2 Å². The average Bonchev–Trinajstić information content (AvgIpc) is 3.29. The zero-order valence-electron chi connectivity index (χ0n) is 40.7. The van der Waals surface area contributed by atoms with Crippen molar-refractivity contribution in [2.45, 2.75) is 200 Å². The monoisotopic (exact) mass is 883 g/mol. The third-order valence-corrected chi connectivity index (χ3v) is 10.00. The van der Waals surface area contributed by atoms with Gasteiger partial charge in [-0.1, -0.05) is 206 Å². The molecule has 0 N–H and O–H groups in total. The molecule has 0 fully saturated rings. The van der Waals surface area contributed by atoms with E-state index in [9.17, 15) is 14.4 Å². The van der Waals surface area contributed by atoms with Crippen LogP contribution >= 0.6 is 0 Å². The van der Waals surface area contributed by atoms with Crippen LogP contribution in [0.3, 0.4) is 0 Å². The van der Waals surface area contributed by atoms with Crippen LogP contribution in [0.15, 0.2) is 134 Å². The molecule has 0 aromatic rings. The van der Waals surface area contributed by atoms with Gasteiger partial charge >= 0.3 is 17.9 Å². The number of rotatable bonds is 43. The van der Waals surface area contributed by atoms with Gasteiger partial charge in [0.15, 0.2) is 6.10 Å². The Labute approximate surface area is 392 Å². The summed E-state index contributed by atoms with van der Waals surface area (Å²) in [6.45, 7) is 6.25. The zero-order chi connectivity index (χ0) is 46.5. The lowest BCUT2D eigenvalue weighted by molar-refractivity contribution is -0.167. The number of carbonyl (C=O) groups excluding carboxylic acids is 3. The summed E-state index contributed by atoms with van der Waals surface area (Å²) in [5.74, 6) is -1.06. The summed E-state index contributed by atoms with van der Waals surface area (Å²) in [7, 11) is 0. The molecule has 0 spiro atoms. The molecule has 0 saturated carbocycles. The van der Waals surface area contributed by atoms with Crippen molar-refractivity contribution in [3.63, 3.8) is 0 Å². The summed E-state index contributed by atoms with van der Waals surface area (Å²) in [6, 6.07) is 0. The van der Waals surface area contributed by atoms with Crippen LogP contribution in [0.2, 0.25) is 0 Å². The van der Waals surface area contributed by atoms with E-state index in [2.05, 4.69) is 106 Å². The molecule has 1 unspecified atom stereocenters. The molecule has 0 aromatic heterocycles. The van der Waals surface area contributed by atoms with E-state index in [1.54, 1.807) is 0 Å². The third kappa shape index (κ3) is 48.6. The molecule has 64 heavy (non-hydrogen) atoms. The van der Waals surface area contributed by atoms with Crippen LogP contribution in [-0.4, -0.2) is 37.2 Å². The lowest BCUT2D eigenvalue weighted by Gasteiger charge is -2.18. The Bertz CT molecular complexity index is 1430. The van der Waals surface area contributed by atoms with Gasteiger partial charge < -0.3 is 14.2 Å². The first kappa shape index (κ1) is 59.5. The maximum absolute atomic E-state index is 12.8. The Morgan fingerprint density at radius 1 is 0.344 bits per heavy atom. The molecule has 1 atom stereocenters. The molecular formula is C58H90O6. The summed E-state index contributed by atoms with van der Waals surface area (Å²) < 4.78 is 16.7. The Hall–Kier alpha value is -4.45. The smallest absolute Gasteiger partial charge is 0.306 e.